The Bertz CT molecular complexity index is 816. The van der Waals surface area contributed by atoms with Gasteiger partial charge in [-0.3, -0.25) is 4.79 Å². The van der Waals surface area contributed by atoms with Gasteiger partial charge in [0.2, 0.25) is 15.9 Å². The maximum Gasteiger partial charge on any atom is 0.228 e. The van der Waals surface area contributed by atoms with E-state index in [0.717, 1.165) is 15.8 Å². The summed E-state index contributed by atoms with van der Waals surface area (Å²) in [6.07, 6.45) is 3.19. The number of piperidine rings is 1. The van der Waals surface area contributed by atoms with Crippen molar-refractivity contribution in [1.82, 2.24) is 8.68 Å². The first-order valence-corrected chi connectivity index (χ1v) is 10.0. The number of rotatable bonds is 4. The van der Waals surface area contributed by atoms with E-state index in [1.165, 1.54) is 15.8 Å². The van der Waals surface area contributed by atoms with Crippen molar-refractivity contribution < 1.29 is 13.2 Å². The molecule has 0 spiro atoms. The topological polar surface area (TPSA) is 79.4 Å². The van der Waals surface area contributed by atoms with Crippen LogP contribution in [0.15, 0.2) is 24.4 Å². The molecule has 0 aliphatic carbocycles. The zero-order valence-corrected chi connectivity index (χ0v) is 14.5. The van der Waals surface area contributed by atoms with Crippen LogP contribution < -0.4 is 5.32 Å². The Kier molecular flexibility index (Phi) is 4.65. The summed E-state index contributed by atoms with van der Waals surface area (Å²) in [6.45, 7) is 2.40. The molecule has 1 amide bonds. The van der Waals surface area contributed by atoms with Crippen molar-refractivity contribution in [3.63, 3.8) is 0 Å². The summed E-state index contributed by atoms with van der Waals surface area (Å²) in [5.41, 5.74) is 0.721. The van der Waals surface area contributed by atoms with E-state index in [-0.39, 0.29) is 24.1 Å². The third-order valence-corrected chi connectivity index (χ3v) is 6.76. The van der Waals surface area contributed by atoms with Gasteiger partial charge >= 0.3 is 0 Å². The third-order valence-electron chi connectivity index (χ3n) is 4.13. The van der Waals surface area contributed by atoms with Crippen LogP contribution in [0.3, 0.4) is 0 Å². The lowest BCUT2D eigenvalue weighted by molar-refractivity contribution is -0.120. The highest BCUT2D eigenvalue weighted by Crippen LogP contribution is 2.24. The second-order valence-electron chi connectivity index (χ2n) is 5.67. The van der Waals surface area contributed by atoms with E-state index in [0.29, 0.717) is 19.4 Å². The van der Waals surface area contributed by atoms with E-state index in [1.54, 1.807) is 13.1 Å². The van der Waals surface area contributed by atoms with Gasteiger partial charge in [0.05, 0.1) is 16.4 Å². The second kappa shape index (κ2) is 6.54. The van der Waals surface area contributed by atoms with Crippen molar-refractivity contribution in [2.45, 2.75) is 19.8 Å². The number of benzene rings is 1. The minimum Gasteiger partial charge on any atom is -0.326 e. The summed E-state index contributed by atoms with van der Waals surface area (Å²) in [4.78, 5) is 12.5. The summed E-state index contributed by atoms with van der Waals surface area (Å²) in [6, 6.07) is 5.67. The van der Waals surface area contributed by atoms with Crippen molar-refractivity contribution >= 4 is 43.2 Å². The van der Waals surface area contributed by atoms with Crippen LogP contribution in [-0.2, 0) is 14.8 Å². The fraction of sp³-hybridized carbons (Fsp3) is 0.467. The normalized spacial score (nSPS) is 19.8. The molecule has 1 saturated heterocycles. The molecular formula is C15H19N3O3S2. The molecule has 6 nitrogen and oxygen atoms in total. The third kappa shape index (κ3) is 3.54. The number of fused-ring (bicyclic) bond motifs is 1. The molecule has 1 aromatic heterocycles. The number of hydrogen-bond acceptors (Lipinski definition) is 5. The molecule has 1 N–H and O–H groups in total. The van der Waals surface area contributed by atoms with Gasteiger partial charge in [0.15, 0.2) is 0 Å². The molecule has 0 radical (unpaired) electrons. The van der Waals surface area contributed by atoms with Gasteiger partial charge in [-0.2, -0.15) is 4.37 Å². The van der Waals surface area contributed by atoms with Crippen molar-refractivity contribution in [1.29, 1.82) is 0 Å². The van der Waals surface area contributed by atoms with Gasteiger partial charge < -0.3 is 5.32 Å². The Morgan fingerprint density at radius 1 is 1.48 bits per heavy atom. The highest BCUT2D eigenvalue weighted by molar-refractivity contribution is 7.89. The van der Waals surface area contributed by atoms with Crippen LogP contribution in [0.1, 0.15) is 19.8 Å². The van der Waals surface area contributed by atoms with Crippen LogP contribution in [0.2, 0.25) is 0 Å². The maximum atomic E-state index is 12.5. The highest BCUT2D eigenvalue weighted by Gasteiger charge is 2.31. The van der Waals surface area contributed by atoms with Gasteiger partial charge in [-0.1, -0.05) is 0 Å². The van der Waals surface area contributed by atoms with Crippen LogP contribution in [0.4, 0.5) is 5.69 Å². The SMILES string of the molecule is CCS(=O)(=O)N1CCCC(C(=O)Nc2ccc3sncc3c2)C1. The molecule has 23 heavy (non-hydrogen) atoms. The van der Waals surface area contributed by atoms with Gasteiger partial charge in [0, 0.05) is 30.4 Å². The van der Waals surface area contributed by atoms with Gasteiger partial charge in [-0.25, -0.2) is 12.7 Å². The fourth-order valence-corrected chi connectivity index (χ4v) is 4.59. The van der Waals surface area contributed by atoms with Crippen molar-refractivity contribution in [3.05, 3.63) is 24.4 Å². The summed E-state index contributed by atoms with van der Waals surface area (Å²) < 4.78 is 30.6. The highest BCUT2D eigenvalue weighted by atomic mass is 32.2. The van der Waals surface area contributed by atoms with E-state index >= 15 is 0 Å². The van der Waals surface area contributed by atoms with Gasteiger partial charge in [-0.05, 0) is 49.5 Å². The Balaban J connectivity index is 1.70. The van der Waals surface area contributed by atoms with E-state index in [1.807, 2.05) is 18.2 Å². The summed E-state index contributed by atoms with van der Waals surface area (Å²) in [5, 5.41) is 3.89. The number of hydrogen-bond donors (Lipinski definition) is 1. The molecule has 1 atom stereocenters. The molecular weight excluding hydrogens is 334 g/mol. The van der Waals surface area contributed by atoms with Crippen molar-refractivity contribution in [2.75, 3.05) is 24.2 Å². The summed E-state index contributed by atoms with van der Waals surface area (Å²) in [5.74, 6) is -0.353. The molecule has 3 rings (SSSR count). The van der Waals surface area contributed by atoms with Crippen LogP contribution in [0, 0.1) is 5.92 Å². The molecule has 1 aliphatic rings. The number of sulfonamides is 1. The summed E-state index contributed by atoms with van der Waals surface area (Å²) >= 11 is 1.41. The first-order chi connectivity index (χ1) is 11.0. The van der Waals surface area contributed by atoms with Crippen LogP contribution in [-0.4, -0.2) is 41.8 Å². The molecule has 124 valence electrons. The lowest BCUT2D eigenvalue weighted by atomic mass is 9.98. The Morgan fingerprint density at radius 3 is 3.09 bits per heavy atom. The monoisotopic (exact) mass is 353 g/mol. The quantitative estimate of drug-likeness (QED) is 0.915. The molecule has 0 saturated carbocycles. The summed E-state index contributed by atoms with van der Waals surface area (Å²) in [7, 11) is -3.24. The molecule has 1 fully saturated rings. The number of carbonyl (C=O) groups excluding carboxylic acids is 1. The van der Waals surface area contributed by atoms with Gasteiger partial charge in [-0.15, -0.1) is 0 Å². The van der Waals surface area contributed by atoms with E-state index < -0.39 is 10.0 Å². The average molecular weight is 353 g/mol. The molecule has 1 unspecified atom stereocenters. The second-order valence-corrected chi connectivity index (χ2v) is 8.76. The number of anilines is 1. The molecule has 2 heterocycles. The standard InChI is InChI=1S/C15H19N3O3S2/c1-2-23(20,21)18-7-3-4-11(10-18)15(19)17-13-5-6-14-12(8-13)9-16-22-14/h5-6,8-9,11H,2-4,7,10H2,1H3,(H,17,19). The zero-order chi connectivity index (χ0) is 16.4. The van der Waals surface area contributed by atoms with E-state index in [2.05, 4.69) is 9.69 Å². The molecule has 8 heteroatoms. The Labute approximate surface area is 139 Å². The predicted octanol–water partition coefficient (Wildman–Crippen LogP) is 2.30. The molecule has 1 aromatic carbocycles. The first kappa shape index (κ1) is 16.4. The Hall–Kier alpha value is -1.51. The number of nitrogens with zero attached hydrogens (tertiary/aromatic N) is 2. The molecule has 1 aliphatic heterocycles. The van der Waals surface area contributed by atoms with Gasteiger partial charge in [0.1, 0.15) is 0 Å². The lowest BCUT2D eigenvalue weighted by Crippen LogP contribution is -2.44. The molecule has 0 bridgehead atoms. The minimum atomic E-state index is -3.24. The zero-order valence-electron chi connectivity index (χ0n) is 12.9. The number of nitrogens with one attached hydrogen (secondary N) is 1. The smallest absolute Gasteiger partial charge is 0.228 e. The maximum absolute atomic E-state index is 12.5. The minimum absolute atomic E-state index is 0.0726. The largest absolute Gasteiger partial charge is 0.326 e. The predicted molar refractivity (Wildman–Crippen MR) is 92.0 cm³/mol. The van der Waals surface area contributed by atoms with Crippen LogP contribution >= 0.6 is 11.5 Å². The van der Waals surface area contributed by atoms with Crippen molar-refractivity contribution in [3.8, 4) is 0 Å². The lowest BCUT2D eigenvalue weighted by Gasteiger charge is -2.30. The Morgan fingerprint density at radius 2 is 2.30 bits per heavy atom. The van der Waals surface area contributed by atoms with E-state index in [4.69, 9.17) is 0 Å². The average Bonchev–Trinajstić information content (AvgIpc) is 3.02. The van der Waals surface area contributed by atoms with E-state index in [9.17, 15) is 13.2 Å². The number of amides is 1. The first-order valence-electron chi connectivity index (χ1n) is 7.63. The van der Waals surface area contributed by atoms with Gasteiger partial charge in [0.25, 0.3) is 0 Å². The number of aromatic nitrogens is 1. The van der Waals surface area contributed by atoms with Crippen molar-refractivity contribution in [2.24, 2.45) is 5.92 Å². The van der Waals surface area contributed by atoms with Crippen LogP contribution in [0.5, 0.6) is 0 Å². The molecule has 2 aromatic rings. The number of carbonyl (C=O) groups is 1. The fourth-order valence-electron chi connectivity index (χ4n) is 2.79. The van der Waals surface area contributed by atoms with Crippen LogP contribution in [0.25, 0.3) is 10.1 Å².